The maximum absolute atomic E-state index is 11.8. The van der Waals surface area contributed by atoms with E-state index in [0.29, 0.717) is 18.2 Å². The van der Waals surface area contributed by atoms with E-state index >= 15 is 0 Å². The van der Waals surface area contributed by atoms with Gasteiger partial charge in [-0.2, -0.15) is 0 Å². The van der Waals surface area contributed by atoms with Crippen LogP contribution in [0.3, 0.4) is 0 Å². The molecule has 0 radical (unpaired) electrons. The first-order chi connectivity index (χ1) is 10.3. The number of nitrogens with one attached hydrogen (secondary N) is 1. The molecule has 0 saturated heterocycles. The van der Waals surface area contributed by atoms with E-state index in [0.717, 1.165) is 6.42 Å². The van der Waals surface area contributed by atoms with E-state index in [1.54, 1.807) is 0 Å². The van der Waals surface area contributed by atoms with Crippen LogP contribution in [-0.2, 0) is 4.79 Å². The van der Waals surface area contributed by atoms with Gasteiger partial charge in [-0.3, -0.25) is 4.79 Å². The number of para-hydroxylation sites is 1. The molecule has 0 fully saturated rings. The number of ether oxygens (including phenoxy) is 1. The highest BCUT2D eigenvalue weighted by molar-refractivity contribution is 5.77. The molecule has 110 valence electrons. The van der Waals surface area contributed by atoms with Crippen LogP contribution in [0.25, 0.3) is 0 Å². The van der Waals surface area contributed by atoms with Crippen molar-refractivity contribution in [3.8, 4) is 5.75 Å². The van der Waals surface area contributed by atoms with Gasteiger partial charge in [-0.05, 0) is 24.1 Å². The van der Waals surface area contributed by atoms with Crippen LogP contribution in [0.1, 0.15) is 24.8 Å². The minimum atomic E-state index is -0.0896. The quantitative estimate of drug-likeness (QED) is 0.846. The van der Waals surface area contributed by atoms with Crippen molar-refractivity contribution in [1.82, 2.24) is 5.32 Å². The highest BCUT2D eigenvalue weighted by Crippen LogP contribution is 2.17. The van der Waals surface area contributed by atoms with E-state index in [-0.39, 0.29) is 12.5 Å². The van der Waals surface area contributed by atoms with E-state index in [1.165, 1.54) is 5.56 Å². The van der Waals surface area contributed by atoms with Gasteiger partial charge in [-0.1, -0.05) is 55.5 Å². The Morgan fingerprint density at radius 1 is 1.05 bits per heavy atom. The van der Waals surface area contributed by atoms with Gasteiger partial charge >= 0.3 is 0 Å². The van der Waals surface area contributed by atoms with Crippen LogP contribution in [0.15, 0.2) is 60.7 Å². The SMILES string of the molecule is CCC(CNC(=O)COc1ccccc1)c1ccccc1. The molecule has 21 heavy (non-hydrogen) atoms. The van der Waals surface area contributed by atoms with Gasteiger partial charge < -0.3 is 10.1 Å². The topological polar surface area (TPSA) is 38.3 Å². The molecule has 1 N–H and O–H groups in total. The molecule has 3 heteroatoms. The predicted molar refractivity (Wildman–Crippen MR) is 84.4 cm³/mol. The zero-order valence-electron chi connectivity index (χ0n) is 12.3. The third-order valence-electron chi connectivity index (χ3n) is 3.42. The van der Waals surface area contributed by atoms with E-state index in [9.17, 15) is 4.79 Å². The van der Waals surface area contributed by atoms with Crippen LogP contribution >= 0.6 is 0 Å². The summed E-state index contributed by atoms with van der Waals surface area (Å²) in [6.07, 6.45) is 0.990. The molecular weight excluding hydrogens is 262 g/mol. The van der Waals surface area contributed by atoms with E-state index in [2.05, 4.69) is 24.4 Å². The molecule has 0 heterocycles. The molecule has 0 aliphatic carbocycles. The predicted octanol–water partition coefficient (Wildman–Crippen LogP) is 3.38. The molecule has 0 aliphatic rings. The first kappa shape index (κ1) is 15.1. The fourth-order valence-corrected chi connectivity index (χ4v) is 2.18. The lowest BCUT2D eigenvalue weighted by molar-refractivity contribution is -0.123. The Morgan fingerprint density at radius 2 is 1.67 bits per heavy atom. The van der Waals surface area contributed by atoms with Crippen molar-refractivity contribution in [2.24, 2.45) is 0 Å². The maximum atomic E-state index is 11.8. The van der Waals surface area contributed by atoms with Crippen LogP contribution < -0.4 is 10.1 Å². The first-order valence-corrected chi connectivity index (χ1v) is 7.29. The van der Waals surface area contributed by atoms with Crippen molar-refractivity contribution in [2.45, 2.75) is 19.3 Å². The Hall–Kier alpha value is -2.29. The monoisotopic (exact) mass is 283 g/mol. The Labute approximate surface area is 126 Å². The molecule has 3 nitrogen and oxygen atoms in total. The summed E-state index contributed by atoms with van der Waals surface area (Å²) >= 11 is 0. The van der Waals surface area contributed by atoms with Crippen LogP contribution in [0.5, 0.6) is 5.75 Å². The Morgan fingerprint density at radius 3 is 2.29 bits per heavy atom. The minimum absolute atomic E-state index is 0.0508. The zero-order valence-corrected chi connectivity index (χ0v) is 12.3. The lowest BCUT2D eigenvalue weighted by Gasteiger charge is -2.16. The summed E-state index contributed by atoms with van der Waals surface area (Å²) in [6.45, 7) is 2.82. The van der Waals surface area contributed by atoms with Gasteiger partial charge in [0.05, 0.1) is 0 Å². The summed E-state index contributed by atoms with van der Waals surface area (Å²) in [5.41, 5.74) is 1.25. The van der Waals surface area contributed by atoms with Crippen molar-refractivity contribution < 1.29 is 9.53 Å². The lowest BCUT2D eigenvalue weighted by Crippen LogP contribution is -2.32. The minimum Gasteiger partial charge on any atom is -0.484 e. The number of benzene rings is 2. The van der Waals surface area contributed by atoms with E-state index in [4.69, 9.17) is 4.74 Å². The number of rotatable bonds is 7. The van der Waals surface area contributed by atoms with Crippen molar-refractivity contribution in [3.63, 3.8) is 0 Å². The maximum Gasteiger partial charge on any atom is 0.257 e. The lowest BCUT2D eigenvalue weighted by atomic mass is 9.96. The zero-order chi connectivity index (χ0) is 14.9. The van der Waals surface area contributed by atoms with Gasteiger partial charge in [0, 0.05) is 12.5 Å². The van der Waals surface area contributed by atoms with Gasteiger partial charge in [0.25, 0.3) is 5.91 Å². The summed E-state index contributed by atoms with van der Waals surface area (Å²) in [7, 11) is 0. The van der Waals surface area contributed by atoms with Gasteiger partial charge in [-0.25, -0.2) is 0 Å². The second kappa shape index (κ2) is 8.10. The van der Waals surface area contributed by atoms with E-state index in [1.807, 2.05) is 48.5 Å². The second-order valence-corrected chi connectivity index (χ2v) is 4.92. The van der Waals surface area contributed by atoms with Gasteiger partial charge in [0.15, 0.2) is 6.61 Å². The smallest absolute Gasteiger partial charge is 0.257 e. The average molecular weight is 283 g/mol. The van der Waals surface area contributed by atoms with Crippen molar-refractivity contribution in [2.75, 3.05) is 13.2 Å². The summed E-state index contributed by atoms with van der Waals surface area (Å²) < 4.78 is 5.43. The summed E-state index contributed by atoms with van der Waals surface area (Å²) in [6, 6.07) is 19.6. The molecule has 2 aromatic rings. The third kappa shape index (κ3) is 4.95. The molecule has 1 atom stereocenters. The van der Waals surface area contributed by atoms with Crippen LogP contribution in [0.2, 0.25) is 0 Å². The fourth-order valence-electron chi connectivity index (χ4n) is 2.18. The van der Waals surface area contributed by atoms with Crippen LogP contribution in [0, 0.1) is 0 Å². The first-order valence-electron chi connectivity index (χ1n) is 7.29. The largest absolute Gasteiger partial charge is 0.484 e. The molecule has 2 rings (SSSR count). The van der Waals surface area contributed by atoms with Crippen LogP contribution in [-0.4, -0.2) is 19.1 Å². The summed E-state index contributed by atoms with van der Waals surface area (Å²) in [5.74, 6) is 0.961. The highest BCUT2D eigenvalue weighted by Gasteiger charge is 2.10. The number of carbonyl (C=O) groups excluding carboxylic acids is 1. The van der Waals surface area contributed by atoms with Crippen molar-refractivity contribution in [3.05, 3.63) is 66.2 Å². The fraction of sp³-hybridized carbons (Fsp3) is 0.278. The van der Waals surface area contributed by atoms with Crippen LogP contribution in [0.4, 0.5) is 0 Å². The van der Waals surface area contributed by atoms with E-state index < -0.39 is 0 Å². The molecule has 0 aliphatic heterocycles. The number of carbonyl (C=O) groups is 1. The third-order valence-corrected chi connectivity index (χ3v) is 3.42. The molecule has 1 unspecified atom stereocenters. The molecule has 0 spiro atoms. The van der Waals surface area contributed by atoms with Gasteiger partial charge in [0.2, 0.25) is 0 Å². The molecule has 1 amide bonds. The van der Waals surface area contributed by atoms with Gasteiger partial charge in [0.1, 0.15) is 5.75 Å². The summed E-state index contributed by atoms with van der Waals surface area (Å²) in [5, 5.41) is 2.94. The molecule has 0 saturated carbocycles. The van der Waals surface area contributed by atoms with Gasteiger partial charge in [-0.15, -0.1) is 0 Å². The standard InChI is InChI=1S/C18H21NO2/c1-2-15(16-9-5-3-6-10-16)13-19-18(20)14-21-17-11-7-4-8-12-17/h3-12,15H,2,13-14H2,1H3,(H,19,20). The van der Waals surface area contributed by atoms with Crippen molar-refractivity contribution in [1.29, 1.82) is 0 Å². The molecular formula is C18H21NO2. The number of hydrogen-bond donors (Lipinski definition) is 1. The Bertz CT molecular complexity index is 540. The average Bonchev–Trinajstić information content (AvgIpc) is 2.55. The number of amides is 1. The summed E-state index contributed by atoms with van der Waals surface area (Å²) in [4.78, 5) is 11.8. The van der Waals surface area contributed by atoms with Crippen molar-refractivity contribution >= 4 is 5.91 Å². The molecule has 2 aromatic carbocycles. The highest BCUT2D eigenvalue weighted by atomic mass is 16.5. The normalized spacial score (nSPS) is 11.7. The Balaban J connectivity index is 1.77. The number of hydrogen-bond acceptors (Lipinski definition) is 2. The molecule has 0 aromatic heterocycles. The molecule has 0 bridgehead atoms. The Kier molecular flexibility index (Phi) is 5.83. The second-order valence-electron chi connectivity index (χ2n) is 4.92.